The van der Waals surface area contributed by atoms with E-state index < -0.39 is 0 Å². The molecule has 0 spiro atoms. The Morgan fingerprint density at radius 2 is 2.29 bits per heavy atom. The molecule has 1 heterocycles. The van der Waals surface area contributed by atoms with Gasteiger partial charge in [-0.1, -0.05) is 23.8 Å². The number of hydrogen-bond donors (Lipinski definition) is 1. The zero-order valence-electron chi connectivity index (χ0n) is 9.27. The largest absolute Gasteiger partial charge is 0.323 e. The molecule has 1 N–H and O–H groups in total. The van der Waals surface area contributed by atoms with E-state index in [2.05, 4.69) is 22.5 Å². The van der Waals surface area contributed by atoms with Gasteiger partial charge in [0.05, 0.1) is 16.9 Å². The Morgan fingerprint density at radius 1 is 1.41 bits per heavy atom. The number of nitrogens with zero attached hydrogens (tertiary/aromatic N) is 1. The summed E-state index contributed by atoms with van der Waals surface area (Å²) in [6.07, 6.45) is 9.68. The van der Waals surface area contributed by atoms with Gasteiger partial charge in [-0.15, -0.1) is 0 Å². The lowest BCUT2D eigenvalue weighted by Gasteiger charge is -2.17. The standard InChI is InChI=1S/C13H13ClN2O/c14-11-3-4-15-7-12(11)16-13(17)10-6-8-1-2-9(10)5-8/h1-4,7-10H,5-6H2,(H,16,17). The zero-order valence-corrected chi connectivity index (χ0v) is 10.0. The lowest BCUT2D eigenvalue weighted by atomic mass is 9.93. The lowest BCUT2D eigenvalue weighted by Crippen LogP contribution is -2.26. The van der Waals surface area contributed by atoms with Gasteiger partial charge in [-0.3, -0.25) is 9.78 Å². The van der Waals surface area contributed by atoms with Crippen molar-refractivity contribution in [2.75, 3.05) is 5.32 Å². The average molecular weight is 249 g/mol. The molecule has 3 unspecified atom stereocenters. The Hall–Kier alpha value is -1.35. The van der Waals surface area contributed by atoms with E-state index >= 15 is 0 Å². The minimum atomic E-state index is 0.0664. The summed E-state index contributed by atoms with van der Waals surface area (Å²) < 4.78 is 0. The number of fused-ring (bicyclic) bond motifs is 2. The lowest BCUT2D eigenvalue weighted by molar-refractivity contribution is -0.120. The van der Waals surface area contributed by atoms with Gasteiger partial charge in [0.25, 0.3) is 0 Å². The van der Waals surface area contributed by atoms with Gasteiger partial charge in [0.1, 0.15) is 0 Å². The van der Waals surface area contributed by atoms with Gasteiger partial charge in [0.15, 0.2) is 0 Å². The van der Waals surface area contributed by atoms with Crippen LogP contribution in [0.4, 0.5) is 5.69 Å². The molecule has 1 saturated carbocycles. The monoisotopic (exact) mass is 248 g/mol. The van der Waals surface area contributed by atoms with Gasteiger partial charge in [-0.2, -0.15) is 0 Å². The van der Waals surface area contributed by atoms with Crippen LogP contribution in [0, 0.1) is 17.8 Å². The Bertz CT molecular complexity index is 486. The van der Waals surface area contributed by atoms with E-state index in [4.69, 9.17) is 11.6 Å². The molecule has 0 radical (unpaired) electrons. The number of anilines is 1. The molecule has 0 aliphatic heterocycles. The van der Waals surface area contributed by atoms with E-state index in [-0.39, 0.29) is 11.8 Å². The third-order valence-electron chi connectivity index (χ3n) is 3.64. The highest BCUT2D eigenvalue weighted by Crippen LogP contribution is 2.43. The predicted molar refractivity (Wildman–Crippen MR) is 66.7 cm³/mol. The van der Waals surface area contributed by atoms with Crippen LogP contribution in [0.25, 0.3) is 0 Å². The van der Waals surface area contributed by atoms with Crippen molar-refractivity contribution in [3.63, 3.8) is 0 Å². The van der Waals surface area contributed by atoms with Gasteiger partial charge in [0, 0.05) is 12.1 Å². The molecule has 1 fully saturated rings. The minimum Gasteiger partial charge on any atom is -0.323 e. The summed E-state index contributed by atoms with van der Waals surface area (Å²) in [5.74, 6) is 1.17. The third kappa shape index (κ3) is 1.95. The highest BCUT2D eigenvalue weighted by Gasteiger charge is 2.39. The first-order chi connectivity index (χ1) is 8.24. The molecular weight excluding hydrogens is 236 g/mol. The fraction of sp³-hybridized carbons (Fsp3) is 0.385. The highest BCUT2D eigenvalue weighted by atomic mass is 35.5. The Labute approximate surface area is 105 Å². The zero-order chi connectivity index (χ0) is 11.8. The number of aromatic nitrogens is 1. The number of nitrogens with one attached hydrogen (secondary N) is 1. The molecule has 1 aromatic heterocycles. The van der Waals surface area contributed by atoms with Crippen molar-refractivity contribution in [3.8, 4) is 0 Å². The van der Waals surface area contributed by atoms with E-state index in [1.54, 1.807) is 18.5 Å². The van der Waals surface area contributed by atoms with Crippen LogP contribution in [0.2, 0.25) is 5.02 Å². The number of rotatable bonds is 2. The predicted octanol–water partition coefficient (Wildman–Crippen LogP) is 2.89. The molecule has 1 amide bonds. The second-order valence-corrected chi connectivity index (χ2v) is 5.14. The molecular formula is C13H13ClN2O. The average Bonchev–Trinajstić information content (AvgIpc) is 2.94. The van der Waals surface area contributed by atoms with Gasteiger partial charge >= 0.3 is 0 Å². The van der Waals surface area contributed by atoms with Gasteiger partial charge in [-0.05, 0) is 30.7 Å². The SMILES string of the molecule is O=C(Nc1cnccc1Cl)C1CC2C=CC1C2. The van der Waals surface area contributed by atoms with Crippen molar-refractivity contribution in [3.05, 3.63) is 35.6 Å². The maximum absolute atomic E-state index is 12.1. The molecule has 0 saturated heterocycles. The summed E-state index contributed by atoms with van der Waals surface area (Å²) in [6, 6.07) is 1.68. The Balaban J connectivity index is 1.72. The van der Waals surface area contributed by atoms with Crippen LogP contribution >= 0.6 is 11.6 Å². The molecule has 3 nitrogen and oxygen atoms in total. The summed E-state index contributed by atoms with van der Waals surface area (Å²) in [5, 5.41) is 3.40. The van der Waals surface area contributed by atoms with Gasteiger partial charge in [-0.25, -0.2) is 0 Å². The van der Waals surface area contributed by atoms with E-state index in [0.29, 0.717) is 22.5 Å². The van der Waals surface area contributed by atoms with E-state index in [1.165, 1.54) is 0 Å². The van der Waals surface area contributed by atoms with Crippen molar-refractivity contribution in [1.82, 2.24) is 4.98 Å². The number of amides is 1. The molecule has 0 aromatic carbocycles. The van der Waals surface area contributed by atoms with Crippen molar-refractivity contribution >= 4 is 23.2 Å². The van der Waals surface area contributed by atoms with E-state index in [0.717, 1.165) is 12.8 Å². The molecule has 17 heavy (non-hydrogen) atoms. The molecule has 3 atom stereocenters. The first-order valence-electron chi connectivity index (χ1n) is 5.83. The molecule has 3 rings (SSSR count). The van der Waals surface area contributed by atoms with Crippen LogP contribution in [-0.4, -0.2) is 10.9 Å². The topological polar surface area (TPSA) is 42.0 Å². The summed E-state index contributed by atoms with van der Waals surface area (Å²) in [4.78, 5) is 16.1. The quantitative estimate of drug-likeness (QED) is 0.818. The summed E-state index contributed by atoms with van der Waals surface area (Å²) in [7, 11) is 0. The van der Waals surface area contributed by atoms with Gasteiger partial charge in [0.2, 0.25) is 5.91 Å². The van der Waals surface area contributed by atoms with Crippen LogP contribution in [-0.2, 0) is 4.79 Å². The highest BCUT2D eigenvalue weighted by molar-refractivity contribution is 6.33. The number of hydrogen-bond acceptors (Lipinski definition) is 2. The fourth-order valence-electron chi connectivity index (χ4n) is 2.78. The normalized spacial score (nSPS) is 29.6. The van der Waals surface area contributed by atoms with E-state index in [1.807, 2.05) is 0 Å². The number of carbonyl (C=O) groups excluding carboxylic acids is 1. The maximum Gasteiger partial charge on any atom is 0.228 e. The van der Waals surface area contributed by atoms with Crippen molar-refractivity contribution in [2.45, 2.75) is 12.8 Å². The van der Waals surface area contributed by atoms with Crippen LogP contribution < -0.4 is 5.32 Å². The van der Waals surface area contributed by atoms with Crippen molar-refractivity contribution in [2.24, 2.45) is 17.8 Å². The summed E-state index contributed by atoms with van der Waals surface area (Å²) in [5.41, 5.74) is 0.603. The number of halogens is 1. The smallest absolute Gasteiger partial charge is 0.228 e. The van der Waals surface area contributed by atoms with Crippen molar-refractivity contribution in [1.29, 1.82) is 0 Å². The van der Waals surface area contributed by atoms with Gasteiger partial charge < -0.3 is 5.32 Å². The molecule has 88 valence electrons. The molecule has 2 aliphatic carbocycles. The number of allylic oxidation sites excluding steroid dienone is 2. The first kappa shape index (κ1) is 10.8. The second kappa shape index (κ2) is 4.15. The maximum atomic E-state index is 12.1. The van der Waals surface area contributed by atoms with Crippen LogP contribution in [0.1, 0.15) is 12.8 Å². The first-order valence-corrected chi connectivity index (χ1v) is 6.20. The van der Waals surface area contributed by atoms with Crippen molar-refractivity contribution < 1.29 is 4.79 Å². The second-order valence-electron chi connectivity index (χ2n) is 4.73. The van der Waals surface area contributed by atoms with Crippen LogP contribution in [0.15, 0.2) is 30.6 Å². The molecule has 4 heteroatoms. The number of carbonyl (C=O) groups is 1. The van der Waals surface area contributed by atoms with E-state index in [9.17, 15) is 4.79 Å². The molecule has 2 bridgehead atoms. The van der Waals surface area contributed by atoms with Crippen LogP contribution in [0.3, 0.4) is 0 Å². The summed E-state index contributed by atoms with van der Waals surface area (Å²) >= 11 is 5.99. The fourth-order valence-corrected chi connectivity index (χ4v) is 2.93. The Kier molecular flexibility index (Phi) is 2.63. The summed E-state index contributed by atoms with van der Waals surface area (Å²) in [6.45, 7) is 0. The third-order valence-corrected chi connectivity index (χ3v) is 3.97. The Morgan fingerprint density at radius 3 is 2.94 bits per heavy atom. The van der Waals surface area contributed by atoms with Crippen LogP contribution in [0.5, 0.6) is 0 Å². The number of pyridine rings is 1. The molecule has 2 aliphatic rings. The minimum absolute atomic E-state index is 0.0664. The molecule has 1 aromatic rings.